The van der Waals surface area contributed by atoms with Crippen LogP contribution in [0.5, 0.6) is 0 Å². The molecule has 42 heavy (non-hydrogen) atoms. The summed E-state index contributed by atoms with van der Waals surface area (Å²) >= 11 is 0. The summed E-state index contributed by atoms with van der Waals surface area (Å²) in [5, 5.41) is 12.3. The third-order valence-corrected chi connectivity index (χ3v) is 9.35. The molecule has 1 saturated heterocycles. The summed E-state index contributed by atoms with van der Waals surface area (Å²) in [6.07, 6.45) is 3.94. The van der Waals surface area contributed by atoms with Crippen LogP contribution in [0, 0.1) is 12.7 Å². The second-order valence-electron chi connectivity index (χ2n) is 10.9. The van der Waals surface area contributed by atoms with E-state index in [4.69, 9.17) is 18.9 Å². The first kappa shape index (κ1) is 32.6. The molecule has 0 saturated carbocycles. The Labute approximate surface area is 248 Å². The van der Waals surface area contributed by atoms with E-state index in [0.29, 0.717) is 26.2 Å². The molecule has 1 unspecified atom stereocenters. The number of nitrogens with zero attached hydrogens (tertiary/aromatic N) is 1. The molecule has 1 N–H and O–H groups in total. The van der Waals surface area contributed by atoms with Crippen LogP contribution < -0.4 is 0 Å². The number of rotatable bonds is 15. The first-order valence-corrected chi connectivity index (χ1v) is 16.5. The molecule has 0 amide bonds. The molecule has 232 valence electrons. The summed E-state index contributed by atoms with van der Waals surface area (Å²) in [4.78, 5) is 0.0401. The highest BCUT2D eigenvalue weighted by Crippen LogP contribution is 2.43. The maximum absolute atomic E-state index is 15.6. The monoisotopic (exact) mass is 605 g/mol. The summed E-state index contributed by atoms with van der Waals surface area (Å²) in [6.45, 7) is 9.17. The van der Waals surface area contributed by atoms with Crippen LogP contribution in [-0.2, 0) is 34.8 Å². The molecule has 0 spiro atoms. The van der Waals surface area contributed by atoms with Crippen LogP contribution in [-0.4, -0.2) is 62.2 Å². The quantitative estimate of drug-likeness (QED) is 0.211. The molecule has 10 heteroatoms. The van der Waals surface area contributed by atoms with Gasteiger partial charge < -0.3 is 24.1 Å². The first-order chi connectivity index (χ1) is 20.2. The lowest BCUT2D eigenvalue weighted by atomic mass is 9.90. The van der Waals surface area contributed by atoms with Gasteiger partial charge in [-0.3, -0.25) is 0 Å². The van der Waals surface area contributed by atoms with Crippen LogP contribution in [0.15, 0.2) is 53.6 Å². The minimum Gasteiger partial charge on any atom is -0.373 e. The van der Waals surface area contributed by atoms with E-state index >= 15 is 4.39 Å². The minimum absolute atomic E-state index is 0.0381. The molecular weight excluding hydrogens is 561 g/mol. The third-order valence-electron chi connectivity index (χ3n) is 7.66. The highest BCUT2D eigenvalue weighted by Gasteiger charge is 2.55. The van der Waals surface area contributed by atoms with Gasteiger partial charge in [-0.15, -0.1) is 0 Å². The van der Waals surface area contributed by atoms with Crippen LogP contribution in [0.25, 0.3) is 10.9 Å². The Kier molecular flexibility index (Phi) is 11.2. The van der Waals surface area contributed by atoms with Gasteiger partial charge in [0.15, 0.2) is 0 Å². The van der Waals surface area contributed by atoms with E-state index < -0.39 is 39.9 Å². The summed E-state index contributed by atoms with van der Waals surface area (Å²) in [5.41, 5.74) is 0.948. The molecule has 0 bridgehead atoms. The van der Waals surface area contributed by atoms with Gasteiger partial charge in [0.2, 0.25) is 5.79 Å². The van der Waals surface area contributed by atoms with Crippen molar-refractivity contribution in [1.82, 2.24) is 3.97 Å². The number of aromatic nitrogens is 1. The Hall–Kier alpha value is -2.34. The average molecular weight is 606 g/mol. The topological polar surface area (TPSA) is 96.2 Å². The molecule has 1 aliphatic heterocycles. The zero-order valence-corrected chi connectivity index (χ0v) is 25.9. The van der Waals surface area contributed by atoms with Crippen molar-refractivity contribution < 1.29 is 36.9 Å². The summed E-state index contributed by atoms with van der Waals surface area (Å²) in [6, 6.07) is 10.6. The van der Waals surface area contributed by atoms with E-state index in [1.165, 1.54) is 36.5 Å². The third kappa shape index (κ3) is 6.74. The van der Waals surface area contributed by atoms with Crippen LogP contribution in [0.4, 0.5) is 4.39 Å². The highest BCUT2D eigenvalue weighted by molar-refractivity contribution is 7.90. The predicted octanol–water partition coefficient (Wildman–Crippen LogP) is 6.06. The average Bonchev–Trinajstić information content (AvgIpc) is 3.39. The number of aliphatic hydroxyl groups is 1. The fourth-order valence-corrected chi connectivity index (χ4v) is 6.55. The maximum atomic E-state index is 15.6. The zero-order valence-electron chi connectivity index (χ0n) is 25.1. The van der Waals surface area contributed by atoms with Gasteiger partial charge in [0.25, 0.3) is 10.0 Å². The van der Waals surface area contributed by atoms with Gasteiger partial charge in [-0.05, 0) is 50.5 Å². The van der Waals surface area contributed by atoms with E-state index in [-0.39, 0.29) is 28.0 Å². The van der Waals surface area contributed by atoms with Crippen LogP contribution >= 0.6 is 0 Å². The van der Waals surface area contributed by atoms with Crippen LogP contribution in [0.2, 0.25) is 0 Å². The molecule has 0 radical (unpaired) electrons. The maximum Gasteiger partial charge on any atom is 0.268 e. The zero-order chi connectivity index (χ0) is 30.3. The van der Waals surface area contributed by atoms with E-state index in [9.17, 15) is 13.5 Å². The van der Waals surface area contributed by atoms with E-state index in [0.717, 1.165) is 41.6 Å². The molecule has 1 fully saturated rings. The Morgan fingerprint density at radius 1 is 0.952 bits per heavy atom. The van der Waals surface area contributed by atoms with E-state index in [1.807, 2.05) is 13.8 Å². The number of ether oxygens (including phenoxy) is 4. The van der Waals surface area contributed by atoms with Gasteiger partial charge in [0.05, 0.1) is 17.0 Å². The molecular formula is C32H44FNO7S. The summed E-state index contributed by atoms with van der Waals surface area (Å²) in [7, 11) is -4.15. The first-order valence-electron chi connectivity index (χ1n) is 15.0. The normalized spacial score (nSPS) is 23.0. The second kappa shape index (κ2) is 14.4. The molecule has 2 aromatic carbocycles. The molecule has 1 aliphatic rings. The Bertz CT molecular complexity index is 1410. The van der Waals surface area contributed by atoms with Gasteiger partial charge in [0.1, 0.15) is 24.1 Å². The summed E-state index contributed by atoms with van der Waals surface area (Å²) < 4.78 is 69.2. The molecule has 0 aliphatic carbocycles. The molecule has 3 aromatic rings. The predicted molar refractivity (Wildman–Crippen MR) is 159 cm³/mol. The van der Waals surface area contributed by atoms with Gasteiger partial charge >= 0.3 is 0 Å². The molecule has 8 nitrogen and oxygen atoms in total. The lowest BCUT2D eigenvalue weighted by molar-refractivity contribution is -0.347. The van der Waals surface area contributed by atoms with Crippen LogP contribution in [0.3, 0.4) is 0 Å². The van der Waals surface area contributed by atoms with Gasteiger partial charge in [-0.25, -0.2) is 16.8 Å². The van der Waals surface area contributed by atoms with E-state index in [2.05, 4.69) is 13.8 Å². The van der Waals surface area contributed by atoms with Crippen molar-refractivity contribution in [2.75, 3.05) is 26.4 Å². The lowest BCUT2D eigenvalue weighted by Gasteiger charge is -2.46. The largest absolute Gasteiger partial charge is 0.373 e. The Morgan fingerprint density at radius 2 is 1.57 bits per heavy atom. The fourth-order valence-electron chi connectivity index (χ4n) is 5.19. The second-order valence-corrected chi connectivity index (χ2v) is 12.7. The minimum atomic E-state index is -4.15. The van der Waals surface area contributed by atoms with Crippen molar-refractivity contribution in [3.63, 3.8) is 0 Å². The number of hydrogen-bond donors (Lipinski definition) is 1. The van der Waals surface area contributed by atoms with Crippen molar-refractivity contribution in [1.29, 1.82) is 0 Å². The summed E-state index contributed by atoms with van der Waals surface area (Å²) in [5.74, 6) is -2.90. The molecule has 2 heterocycles. The Balaban J connectivity index is 1.86. The lowest BCUT2D eigenvalue weighted by Crippen LogP contribution is -2.61. The standard InChI is InChI=1S/C32H44FNO7S/c1-5-8-18-38-28-22-41-32(35,31(40-20-10-7-3)30(28)39-19-9-6-2)25-21-34(27-13-11-12-26(33)29(25)27)42(36,37)24-16-14-23(4)15-17-24/h11-17,21,28,30-31,35H,5-10,18-20,22H2,1-4H3/t28-,30+,31-,32?/m1/s1. The van der Waals surface area contributed by atoms with Crippen LogP contribution in [0.1, 0.15) is 70.4 Å². The fraction of sp³-hybridized carbons (Fsp3) is 0.562. The molecule has 4 rings (SSSR count). The highest BCUT2D eigenvalue weighted by atomic mass is 32.2. The van der Waals surface area contributed by atoms with Crippen molar-refractivity contribution >= 4 is 20.9 Å². The number of unbranched alkanes of at least 4 members (excludes halogenated alkanes) is 3. The number of aryl methyl sites for hydroxylation is 1. The molecule has 1 aromatic heterocycles. The molecule has 4 atom stereocenters. The van der Waals surface area contributed by atoms with Crippen molar-refractivity contribution in [2.45, 2.75) is 95.2 Å². The number of hydrogen-bond acceptors (Lipinski definition) is 7. The number of halogens is 1. The van der Waals surface area contributed by atoms with Gasteiger partial charge in [-0.1, -0.05) is 63.8 Å². The van der Waals surface area contributed by atoms with Gasteiger partial charge in [0, 0.05) is 37.0 Å². The van der Waals surface area contributed by atoms with E-state index in [1.54, 1.807) is 12.1 Å². The van der Waals surface area contributed by atoms with Crippen molar-refractivity contribution in [2.24, 2.45) is 0 Å². The van der Waals surface area contributed by atoms with Gasteiger partial charge in [-0.2, -0.15) is 0 Å². The van der Waals surface area contributed by atoms with Crippen molar-refractivity contribution in [3.8, 4) is 0 Å². The smallest absolute Gasteiger partial charge is 0.268 e. The Morgan fingerprint density at radius 3 is 2.21 bits per heavy atom. The number of fused-ring (bicyclic) bond motifs is 1. The SMILES string of the molecule is CCCCO[C@@H]1[C@@H](OCCCC)C(O)(c2cn(S(=O)(=O)c3ccc(C)cc3)c3cccc(F)c23)OC[C@H]1OCCCC. The van der Waals surface area contributed by atoms with Crippen molar-refractivity contribution in [3.05, 3.63) is 65.6 Å². The number of benzene rings is 2.